The summed E-state index contributed by atoms with van der Waals surface area (Å²) in [6.07, 6.45) is -3.81. The van der Waals surface area contributed by atoms with Crippen molar-refractivity contribution in [1.82, 2.24) is 0 Å². The molecule has 0 aliphatic rings. The van der Waals surface area contributed by atoms with E-state index in [-0.39, 0.29) is 5.17 Å². The summed E-state index contributed by atoms with van der Waals surface area (Å²) in [6, 6.07) is 10.6. The van der Waals surface area contributed by atoms with E-state index in [2.05, 4.69) is 10.2 Å². The molecule has 2 N–H and O–H groups in total. The third-order valence-corrected chi connectivity index (χ3v) is 4.10. The van der Waals surface area contributed by atoms with Crippen LogP contribution in [0, 0.1) is 5.82 Å². The molecular weight excluding hydrogens is 378 g/mol. The van der Waals surface area contributed by atoms with Gasteiger partial charge in [-0.3, -0.25) is 0 Å². The minimum Gasteiger partial charge on any atom is -0.377 e. The maximum absolute atomic E-state index is 13.8. The first-order valence-corrected chi connectivity index (χ1v) is 8.23. The third-order valence-electron chi connectivity index (χ3n) is 2.97. The van der Waals surface area contributed by atoms with Crippen LogP contribution in [0.1, 0.15) is 16.7 Å². The summed E-state index contributed by atoms with van der Waals surface area (Å²) >= 11 is 6.68. The Morgan fingerprint density at radius 1 is 1.20 bits per heavy atom. The highest BCUT2D eigenvalue weighted by atomic mass is 35.5. The molecular formula is C16H12ClF4N3S. The number of benzene rings is 2. The largest absolute Gasteiger partial charge is 0.416 e. The summed E-state index contributed by atoms with van der Waals surface area (Å²) in [6.45, 7) is 0. The second-order valence-electron chi connectivity index (χ2n) is 4.82. The number of rotatable bonds is 4. The molecule has 25 heavy (non-hydrogen) atoms. The van der Waals surface area contributed by atoms with Gasteiger partial charge in [-0.25, -0.2) is 4.39 Å². The molecule has 2 aromatic rings. The minimum atomic E-state index is -4.65. The molecule has 0 fully saturated rings. The second-order valence-corrected chi connectivity index (χ2v) is 6.22. The number of nitrogens with zero attached hydrogens (tertiary/aromatic N) is 2. The van der Waals surface area contributed by atoms with Crippen LogP contribution in [-0.2, 0) is 11.9 Å². The van der Waals surface area contributed by atoms with Crippen molar-refractivity contribution in [2.75, 3.05) is 0 Å². The summed E-state index contributed by atoms with van der Waals surface area (Å²) in [7, 11) is 0. The molecule has 2 aromatic carbocycles. The van der Waals surface area contributed by atoms with E-state index < -0.39 is 28.1 Å². The maximum atomic E-state index is 13.8. The Morgan fingerprint density at radius 2 is 1.88 bits per heavy atom. The van der Waals surface area contributed by atoms with Gasteiger partial charge in [0.2, 0.25) is 0 Å². The Labute approximate surface area is 150 Å². The van der Waals surface area contributed by atoms with Crippen LogP contribution in [0.3, 0.4) is 0 Å². The topological polar surface area (TPSA) is 50.7 Å². The fraction of sp³-hybridized carbons (Fsp3) is 0.125. The Hall–Kier alpha value is -2.06. The van der Waals surface area contributed by atoms with Crippen LogP contribution < -0.4 is 5.73 Å². The van der Waals surface area contributed by atoms with E-state index in [1.165, 1.54) is 11.8 Å². The molecule has 0 radical (unpaired) electrons. The predicted octanol–water partition coefficient (Wildman–Crippen LogP) is 5.08. The summed E-state index contributed by atoms with van der Waals surface area (Å²) in [5, 5.41) is 6.61. The first kappa shape index (κ1) is 19.3. The van der Waals surface area contributed by atoms with Gasteiger partial charge in [-0.1, -0.05) is 53.7 Å². The van der Waals surface area contributed by atoms with Gasteiger partial charge in [0, 0.05) is 11.3 Å². The van der Waals surface area contributed by atoms with Crippen LogP contribution >= 0.6 is 23.4 Å². The van der Waals surface area contributed by atoms with Crippen molar-refractivity contribution in [3.05, 3.63) is 70.0 Å². The molecule has 2 rings (SSSR count). The molecule has 0 saturated heterocycles. The number of amidine groups is 1. The molecule has 0 aliphatic carbocycles. The molecule has 0 aliphatic heterocycles. The highest BCUT2D eigenvalue weighted by Crippen LogP contribution is 2.33. The average molecular weight is 390 g/mol. The van der Waals surface area contributed by atoms with Crippen molar-refractivity contribution in [2.24, 2.45) is 15.9 Å². The number of thioether (sulfide) groups is 1. The van der Waals surface area contributed by atoms with Crippen LogP contribution in [0.2, 0.25) is 5.02 Å². The zero-order valence-corrected chi connectivity index (χ0v) is 14.2. The maximum Gasteiger partial charge on any atom is 0.416 e. The third kappa shape index (κ3) is 5.75. The van der Waals surface area contributed by atoms with Crippen LogP contribution in [0.5, 0.6) is 0 Å². The van der Waals surface area contributed by atoms with E-state index in [1.54, 1.807) is 0 Å². The van der Waals surface area contributed by atoms with Gasteiger partial charge in [-0.15, -0.1) is 5.10 Å². The molecule has 9 heteroatoms. The number of nitrogens with two attached hydrogens (primary N) is 1. The van der Waals surface area contributed by atoms with Gasteiger partial charge in [0.25, 0.3) is 0 Å². The number of hydrogen-bond donors (Lipinski definition) is 1. The SMILES string of the molecule is NC(=NN=Cc1cc(C(F)(F)F)cc(Cl)c1F)SCc1ccccc1. The zero-order chi connectivity index (χ0) is 18.4. The molecule has 0 aromatic heterocycles. The van der Waals surface area contributed by atoms with Crippen LogP contribution in [0.25, 0.3) is 0 Å². The molecule has 0 atom stereocenters. The predicted molar refractivity (Wildman–Crippen MR) is 93.4 cm³/mol. The van der Waals surface area contributed by atoms with E-state index in [9.17, 15) is 17.6 Å². The Morgan fingerprint density at radius 3 is 2.52 bits per heavy atom. The summed E-state index contributed by atoms with van der Waals surface area (Å²) < 4.78 is 51.9. The summed E-state index contributed by atoms with van der Waals surface area (Å²) in [5.41, 5.74) is 5.17. The van der Waals surface area contributed by atoms with E-state index in [0.717, 1.165) is 11.8 Å². The fourth-order valence-electron chi connectivity index (χ4n) is 1.78. The van der Waals surface area contributed by atoms with Crippen LogP contribution in [0.4, 0.5) is 17.6 Å². The van der Waals surface area contributed by atoms with Crippen molar-refractivity contribution in [3.63, 3.8) is 0 Å². The standard InChI is InChI=1S/C16H12ClF4N3S/c17-13-7-12(16(19,20)21)6-11(14(13)18)8-23-24-15(22)25-9-10-4-2-1-3-5-10/h1-8H,9H2,(H2,22,24). The molecule has 0 saturated carbocycles. The number of halogens is 5. The Balaban J connectivity index is 2.09. The molecule has 0 heterocycles. The van der Waals surface area contributed by atoms with Crippen molar-refractivity contribution in [3.8, 4) is 0 Å². The molecule has 0 spiro atoms. The van der Waals surface area contributed by atoms with Gasteiger partial charge in [0.15, 0.2) is 11.0 Å². The van der Waals surface area contributed by atoms with E-state index in [0.29, 0.717) is 17.9 Å². The average Bonchev–Trinajstić information content (AvgIpc) is 2.56. The van der Waals surface area contributed by atoms with Gasteiger partial charge in [-0.2, -0.15) is 18.3 Å². The van der Waals surface area contributed by atoms with Gasteiger partial charge in [0.05, 0.1) is 16.8 Å². The normalized spacial score (nSPS) is 12.8. The highest BCUT2D eigenvalue weighted by Gasteiger charge is 2.32. The second kappa shape index (κ2) is 8.35. The molecule has 0 amide bonds. The minimum absolute atomic E-state index is 0.0959. The number of alkyl halides is 3. The van der Waals surface area contributed by atoms with E-state index in [4.69, 9.17) is 17.3 Å². The molecule has 132 valence electrons. The smallest absolute Gasteiger partial charge is 0.377 e. The lowest BCUT2D eigenvalue weighted by Crippen LogP contribution is -2.07. The van der Waals surface area contributed by atoms with Crippen LogP contribution in [0.15, 0.2) is 52.7 Å². The first-order chi connectivity index (χ1) is 11.8. The van der Waals surface area contributed by atoms with Crippen molar-refractivity contribution >= 4 is 34.7 Å². The van der Waals surface area contributed by atoms with Gasteiger partial charge in [0.1, 0.15) is 0 Å². The Kier molecular flexibility index (Phi) is 6.44. The Bertz CT molecular complexity index is 792. The van der Waals surface area contributed by atoms with E-state index >= 15 is 0 Å². The van der Waals surface area contributed by atoms with Gasteiger partial charge >= 0.3 is 6.18 Å². The lowest BCUT2D eigenvalue weighted by molar-refractivity contribution is -0.137. The fourth-order valence-corrected chi connectivity index (χ4v) is 2.61. The number of hydrogen-bond acceptors (Lipinski definition) is 3. The highest BCUT2D eigenvalue weighted by molar-refractivity contribution is 8.13. The summed E-state index contributed by atoms with van der Waals surface area (Å²) in [5.74, 6) is -0.459. The summed E-state index contributed by atoms with van der Waals surface area (Å²) in [4.78, 5) is 0. The van der Waals surface area contributed by atoms with Crippen molar-refractivity contribution < 1.29 is 17.6 Å². The lowest BCUT2D eigenvalue weighted by Gasteiger charge is -2.08. The molecule has 0 unspecified atom stereocenters. The molecule has 0 bridgehead atoms. The molecule has 3 nitrogen and oxygen atoms in total. The van der Waals surface area contributed by atoms with Crippen molar-refractivity contribution in [2.45, 2.75) is 11.9 Å². The lowest BCUT2D eigenvalue weighted by atomic mass is 10.1. The van der Waals surface area contributed by atoms with Gasteiger partial charge in [-0.05, 0) is 17.7 Å². The quantitative estimate of drug-likeness (QED) is 0.343. The van der Waals surface area contributed by atoms with E-state index in [1.807, 2.05) is 30.3 Å². The zero-order valence-electron chi connectivity index (χ0n) is 12.6. The monoisotopic (exact) mass is 389 g/mol. The first-order valence-electron chi connectivity index (χ1n) is 6.87. The van der Waals surface area contributed by atoms with Gasteiger partial charge < -0.3 is 5.73 Å². The van der Waals surface area contributed by atoms with Crippen molar-refractivity contribution in [1.29, 1.82) is 0 Å². The van der Waals surface area contributed by atoms with Crippen LogP contribution in [-0.4, -0.2) is 11.4 Å².